The molecular formula is C15H12N2O4S. The Morgan fingerprint density at radius 3 is 2.77 bits per heavy atom. The Hall–Kier alpha value is -2.67. The maximum absolute atomic E-state index is 12.1. The lowest BCUT2D eigenvalue weighted by Gasteiger charge is -2.09. The number of nitrogens with one attached hydrogen (secondary N) is 1. The van der Waals surface area contributed by atoms with Gasteiger partial charge in [-0.2, -0.15) is 0 Å². The van der Waals surface area contributed by atoms with Crippen LogP contribution >= 0.6 is 11.3 Å². The summed E-state index contributed by atoms with van der Waals surface area (Å²) in [6.07, 6.45) is 0. The van der Waals surface area contributed by atoms with Crippen molar-refractivity contribution in [1.29, 1.82) is 0 Å². The van der Waals surface area contributed by atoms with Gasteiger partial charge in [0.05, 0.1) is 15.8 Å². The Kier molecular flexibility index (Phi) is 3.64. The molecule has 22 heavy (non-hydrogen) atoms. The molecule has 7 heteroatoms. The third kappa shape index (κ3) is 2.71. The van der Waals surface area contributed by atoms with Crippen molar-refractivity contribution in [3.63, 3.8) is 0 Å². The van der Waals surface area contributed by atoms with Crippen LogP contribution in [0.2, 0.25) is 0 Å². The first-order valence-corrected chi connectivity index (χ1v) is 7.40. The van der Waals surface area contributed by atoms with E-state index in [1.165, 1.54) is 12.1 Å². The third-order valence-electron chi connectivity index (χ3n) is 3.21. The summed E-state index contributed by atoms with van der Waals surface area (Å²) >= 11 is 0.850. The number of thiophene rings is 1. The van der Waals surface area contributed by atoms with Gasteiger partial charge in [0.15, 0.2) is 0 Å². The van der Waals surface area contributed by atoms with E-state index in [4.69, 9.17) is 4.42 Å². The van der Waals surface area contributed by atoms with E-state index in [0.717, 1.165) is 22.3 Å². The highest BCUT2D eigenvalue weighted by Crippen LogP contribution is 2.26. The van der Waals surface area contributed by atoms with Crippen molar-refractivity contribution in [2.75, 3.05) is 0 Å². The van der Waals surface area contributed by atoms with Crippen LogP contribution in [-0.2, 0) is 0 Å². The molecule has 0 aliphatic carbocycles. The van der Waals surface area contributed by atoms with Crippen LogP contribution in [0.5, 0.6) is 0 Å². The van der Waals surface area contributed by atoms with Gasteiger partial charge < -0.3 is 9.73 Å². The van der Waals surface area contributed by atoms with Gasteiger partial charge >= 0.3 is 5.00 Å². The van der Waals surface area contributed by atoms with Crippen LogP contribution in [0.1, 0.15) is 28.4 Å². The molecule has 0 fully saturated rings. The molecule has 3 rings (SSSR count). The van der Waals surface area contributed by atoms with Crippen LogP contribution < -0.4 is 5.32 Å². The normalized spacial score (nSPS) is 12.2. The fraction of sp³-hybridized carbons (Fsp3) is 0.133. The molecule has 3 aromatic rings. The summed E-state index contributed by atoms with van der Waals surface area (Å²) < 4.78 is 5.69. The lowest BCUT2D eigenvalue weighted by molar-refractivity contribution is -0.380. The molecule has 0 saturated heterocycles. The first kappa shape index (κ1) is 14.3. The largest absolute Gasteiger partial charge is 0.459 e. The number of benzene rings is 1. The molecule has 0 saturated carbocycles. The minimum Gasteiger partial charge on any atom is -0.459 e. The minimum absolute atomic E-state index is 0.0541. The molecule has 0 aliphatic heterocycles. The number of nitrogens with zero attached hydrogens (tertiary/aromatic N) is 1. The molecule has 1 unspecified atom stereocenters. The molecule has 112 valence electrons. The maximum Gasteiger partial charge on any atom is 0.324 e. The number of furan rings is 1. The predicted octanol–water partition coefficient (Wildman–Crippen LogP) is 3.89. The van der Waals surface area contributed by atoms with Crippen LogP contribution in [0.3, 0.4) is 0 Å². The third-order valence-corrected chi connectivity index (χ3v) is 4.25. The van der Waals surface area contributed by atoms with E-state index in [1.807, 2.05) is 30.3 Å². The highest BCUT2D eigenvalue weighted by Gasteiger charge is 2.19. The summed E-state index contributed by atoms with van der Waals surface area (Å²) in [7, 11) is 0. The molecule has 2 aromatic heterocycles. The van der Waals surface area contributed by atoms with E-state index in [-0.39, 0.29) is 17.0 Å². The zero-order chi connectivity index (χ0) is 15.7. The van der Waals surface area contributed by atoms with Gasteiger partial charge in [0.2, 0.25) is 0 Å². The highest BCUT2D eigenvalue weighted by molar-refractivity contribution is 7.17. The number of carbonyl (C=O) groups excluding carboxylic acids is 1. The Balaban J connectivity index is 1.76. The SMILES string of the molecule is CC(NC(=O)c1ccc([N+](=O)[O-])s1)c1cc2ccccc2o1. The van der Waals surface area contributed by atoms with E-state index >= 15 is 0 Å². The number of hydrogen-bond donors (Lipinski definition) is 1. The van der Waals surface area contributed by atoms with Crippen LogP contribution in [0, 0.1) is 10.1 Å². The lowest BCUT2D eigenvalue weighted by Crippen LogP contribution is -2.25. The smallest absolute Gasteiger partial charge is 0.324 e. The second-order valence-electron chi connectivity index (χ2n) is 4.78. The Bertz CT molecular complexity index is 819. The average Bonchev–Trinajstić information content (AvgIpc) is 3.14. The van der Waals surface area contributed by atoms with Gasteiger partial charge in [-0.1, -0.05) is 29.5 Å². The van der Waals surface area contributed by atoms with Gasteiger partial charge in [0.25, 0.3) is 5.91 Å². The van der Waals surface area contributed by atoms with Crippen molar-refractivity contribution in [3.8, 4) is 0 Å². The van der Waals surface area contributed by atoms with Crippen molar-refractivity contribution in [3.05, 3.63) is 63.2 Å². The van der Waals surface area contributed by atoms with E-state index in [2.05, 4.69) is 5.32 Å². The highest BCUT2D eigenvalue weighted by atomic mass is 32.1. The van der Waals surface area contributed by atoms with Gasteiger partial charge in [-0.25, -0.2) is 0 Å². The zero-order valence-electron chi connectivity index (χ0n) is 11.6. The quantitative estimate of drug-likeness (QED) is 0.584. The zero-order valence-corrected chi connectivity index (χ0v) is 12.4. The predicted molar refractivity (Wildman–Crippen MR) is 83.1 cm³/mol. The molecule has 1 N–H and O–H groups in total. The fourth-order valence-electron chi connectivity index (χ4n) is 2.10. The van der Waals surface area contributed by atoms with Crippen molar-refractivity contribution < 1.29 is 14.1 Å². The van der Waals surface area contributed by atoms with Crippen LogP contribution in [-0.4, -0.2) is 10.8 Å². The average molecular weight is 316 g/mol. The molecule has 0 radical (unpaired) electrons. The van der Waals surface area contributed by atoms with Crippen LogP contribution in [0.15, 0.2) is 46.9 Å². The monoisotopic (exact) mass is 316 g/mol. The standard InChI is InChI=1S/C15H12N2O4S/c1-9(12-8-10-4-2-3-5-11(10)21-12)16-15(18)13-6-7-14(22-13)17(19)20/h2-9H,1H3,(H,16,18). The fourth-order valence-corrected chi connectivity index (χ4v) is 2.83. The number of carbonyl (C=O) groups is 1. The summed E-state index contributed by atoms with van der Waals surface area (Å²) in [5.74, 6) is 0.284. The first-order chi connectivity index (χ1) is 10.5. The maximum atomic E-state index is 12.1. The number of rotatable bonds is 4. The van der Waals surface area contributed by atoms with Crippen LogP contribution in [0.25, 0.3) is 11.0 Å². The van der Waals surface area contributed by atoms with Gasteiger partial charge in [-0.3, -0.25) is 14.9 Å². The topological polar surface area (TPSA) is 85.4 Å². The molecular weight excluding hydrogens is 304 g/mol. The number of amides is 1. The number of fused-ring (bicyclic) bond motifs is 1. The molecule has 1 aromatic carbocycles. The second-order valence-corrected chi connectivity index (χ2v) is 5.84. The number of nitro groups is 1. The van der Waals surface area contributed by atoms with E-state index < -0.39 is 4.92 Å². The Labute approximate surface area is 129 Å². The lowest BCUT2D eigenvalue weighted by atomic mass is 10.2. The van der Waals surface area contributed by atoms with Crippen molar-refractivity contribution in [2.45, 2.75) is 13.0 Å². The summed E-state index contributed by atoms with van der Waals surface area (Å²) in [5.41, 5.74) is 0.755. The Morgan fingerprint density at radius 2 is 2.09 bits per heavy atom. The van der Waals surface area contributed by atoms with E-state index in [0.29, 0.717) is 10.6 Å². The second kappa shape index (κ2) is 5.61. The molecule has 0 bridgehead atoms. The van der Waals surface area contributed by atoms with Crippen molar-refractivity contribution in [2.24, 2.45) is 0 Å². The summed E-state index contributed by atoms with van der Waals surface area (Å²) in [5, 5.41) is 14.3. The van der Waals surface area contributed by atoms with Crippen LogP contribution in [0.4, 0.5) is 5.00 Å². The molecule has 0 aliphatic rings. The van der Waals surface area contributed by atoms with Crippen molar-refractivity contribution >= 4 is 33.2 Å². The van der Waals surface area contributed by atoms with Crippen molar-refractivity contribution in [1.82, 2.24) is 5.32 Å². The van der Waals surface area contributed by atoms with Gasteiger partial charge in [-0.15, -0.1) is 0 Å². The molecule has 1 amide bonds. The van der Waals surface area contributed by atoms with Gasteiger partial charge in [0.1, 0.15) is 11.3 Å². The van der Waals surface area contributed by atoms with E-state index in [9.17, 15) is 14.9 Å². The number of para-hydroxylation sites is 1. The minimum atomic E-state index is -0.510. The molecule has 1 atom stereocenters. The summed E-state index contributed by atoms with van der Waals surface area (Å²) in [4.78, 5) is 22.6. The van der Waals surface area contributed by atoms with Gasteiger partial charge in [0, 0.05) is 11.5 Å². The summed E-state index contributed by atoms with van der Waals surface area (Å²) in [6.45, 7) is 1.80. The number of hydrogen-bond acceptors (Lipinski definition) is 5. The molecule has 0 spiro atoms. The molecule has 6 nitrogen and oxygen atoms in total. The van der Waals surface area contributed by atoms with Gasteiger partial charge in [-0.05, 0) is 25.1 Å². The van der Waals surface area contributed by atoms with E-state index in [1.54, 1.807) is 6.92 Å². The summed E-state index contributed by atoms with van der Waals surface area (Å²) in [6, 6.07) is 11.9. The Morgan fingerprint density at radius 1 is 1.32 bits per heavy atom. The molecule has 2 heterocycles. The first-order valence-electron chi connectivity index (χ1n) is 6.58.